The number of nitrogens with zero attached hydrogens (tertiary/aromatic N) is 1. The lowest BCUT2D eigenvalue weighted by atomic mass is 10.1. The van der Waals surface area contributed by atoms with Gasteiger partial charge in [0, 0.05) is 23.0 Å². The minimum Gasteiger partial charge on any atom is -0.310 e. The van der Waals surface area contributed by atoms with Gasteiger partial charge >= 0.3 is 0 Å². The quantitative estimate of drug-likeness (QED) is 0.851. The molecule has 114 valence electrons. The molecule has 1 aromatic heterocycles. The molecule has 0 aliphatic heterocycles. The fourth-order valence-electron chi connectivity index (χ4n) is 2.16. The molecule has 2 nitrogen and oxygen atoms in total. The maximum atomic E-state index is 14.1. The number of thiazole rings is 1. The minimum atomic E-state index is -0.201. The van der Waals surface area contributed by atoms with E-state index < -0.39 is 0 Å². The fourth-order valence-corrected chi connectivity index (χ4v) is 3.34. The number of halogens is 1. The number of benzene rings is 1. The maximum Gasteiger partial charge on any atom is 0.133 e. The number of hydrogen-bond acceptors (Lipinski definition) is 3. The molecule has 0 saturated heterocycles. The van der Waals surface area contributed by atoms with E-state index in [4.69, 9.17) is 4.98 Å². The first-order valence-corrected chi connectivity index (χ1v) is 8.19. The average Bonchev–Trinajstić information content (AvgIpc) is 2.83. The summed E-state index contributed by atoms with van der Waals surface area (Å²) < 4.78 is 14.1. The average molecular weight is 306 g/mol. The van der Waals surface area contributed by atoms with Gasteiger partial charge in [0.2, 0.25) is 0 Å². The normalized spacial score (nSPS) is 11.6. The number of aryl methyl sites for hydroxylation is 1. The number of aromatic nitrogens is 1. The molecule has 1 heterocycles. The molecule has 0 aliphatic carbocycles. The van der Waals surface area contributed by atoms with Crippen LogP contribution in [-0.4, -0.2) is 11.0 Å². The van der Waals surface area contributed by atoms with Gasteiger partial charge in [0.15, 0.2) is 0 Å². The van der Waals surface area contributed by atoms with Crippen LogP contribution in [0.3, 0.4) is 0 Å². The van der Waals surface area contributed by atoms with E-state index in [2.05, 4.69) is 33.0 Å². The van der Waals surface area contributed by atoms with E-state index in [1.165, 1.54) is 10.9 Å². The molecule has 1 N–H and O–H groups in total. The monoisotopic (exact) mass is 306 g/mol. The highest BCUT2D eigenvalue weighted by Gasteiger charge is 2.17. The van der Waals surface area contributed by atoms with Gasteiger partial charge in [0.25, 0.3) is 0 Å². The predicted molar refractivity (Wildman–Crippen MR) is 88.3 cm³/mol. The van der Waals surface area contributed by atoms with E-state index in [0.29, 0.717) is 17.5 Å². The Morgan fingerprint density at radius 2 is 1.95 bits per heavy atom. The van der Waals surface area contributed by atoms with Crippen LogP contribution in [-0.2, 0) is 6.54 Å². The first-order chi connectivity index (χ1) is 9.88. The second-order valence-corrected chi connectivity index (χ2v) is 7.08. The summed E-state index contributed by atoms with van der Waals surface area (Å²) in [5.74, 6) is 0.139. The Morgan fingerprint density at radius 3 is 2.57 bits per heavy atom. The lowest BCUT2D eigenvalue weighted by molar-refractivity contribution is 0.588. The van der Waals surface area contributed by atoms with Gasteiger partial charge in [-0.1, -0.05) is 39.3 Å². The molecule has 1 aromatic carbocycles. The van der Waals surface area contributed by atoms with Crippen LogP contribution in [0.2, 0.25) is 0 Å². The van der Waals surface area contributed by atoms with Crippen LogP contribution in [0.5, 0.6) is 0 Å². The van der Waals surface area contributed by atoms with Gasteiger partial charge in [-0.25, -0.2) is 9.37 Å². The molecule has 0 radical (unpaired) electrons. The van der Waals surface area contributed by atoms with Crippen molar-refractivity contribution in [3.63, 3.8) is 0 Å². The van der Waals surface area contributed by atoms with Gasteiger partial charge in [-0.15, -0.1) is 11.3 Å². The molecular weight excluding hydrogens is 283 g/mol. The zero-order chi connectivity index (χ0) is 15.6. The lowest BCUT2D eigenvalue weighted by Gasteiger charge is -2.09. The largest absolute Gasteiger partial charge is 0.310 e. The second-order valence-electron chi connectivity index (χ2n) is 6.00. The summed E-state index contributed by atoms with van der Waals surface area (Å²) in [5.41, 5.74) is 2.73. The van der Waals surface area contributed by atoms with Crippen molar-refractivity contribution in [1.29, 1.82) is 0 Å². The van der Waals surface area contributed by atoms with Crippen LogP contribution in [0.1, 0.15) is 49.7 Å². The van der Waals surface area contributed by atoms with E-state index >= 15 is 0 Å². The molecular formula is C17H23FN2S. The number of hydrogen-bond donors (Lipinski definition) is 1. The van der Waals surface area contributed by atoms with Gasteiger partial charge in [-0.2, -0.15) is 0 Å². The van der Waals surface area contributed by atoms with Crippen LogP contribution in [0.15, 0.2) is 18.2 Å². The third-order valence-electron chi connectivity index (χ3n) is 3.30. The van der Waals surface area contributed by atoms with Gasteiger partial charge in [0.05, 0.1) is 5.69 Å². The third kappa shape index (κ3) is 3.89. The molecule has 0 aliphatic rings. The summed E-state index contributed by atoms with van der Waals surface area (Å²) in [6.45, 7) is 11.3. The van der Waals surface area contributed by atoms with Gasteiger partial charge in [-0.05, 0) is 25.0 Å². The van der Waals surface area contributed by atoms with Crippen molar-refractivity contribution in [3.05, 3.63) is 40.2 Å². The van der Waals surface area contributed by atoms with Gasteiger partial charge in [-0.3, -0.25) is 0 Å². The first kappa shape index (κ1) is 16.1. The smallest absolute Gasteiger partial charge is 0.133 e. The van der Waals surface area contributed by atoms with Gasteiger partial charge < -0.3 is 5.32 Å². The molecule has 4 heteroatoms. The van der Waals surface area contributed by atoms with Crippen LogP contribution in [0.4, 0.5) is 4.39 Å². The van der Waals surface area contributed by atoms with E-state index in [-0.39, 0.29) is 5.82 Å². The number of rotatable bonds is 5. The Bertz CT molecular complexity index is 617. The predicted octanol–water partition coefficient (Wildman–Crippen LogP) is 4.88. The van der Waals surface area contributed by atoms with Crippen LogP contribution in [0.25, 0.3) is 10.6 Å². The molecule has 0 spiro atoms. The van der Waals surface area contributed by atoms with Crippen molar-refractivity contribution in [3.8, 4) is 10.6 Å². The molecule has 0 atom stereocenters. The molecule has 2 aromatic rings. The van der Waals surface area contributed by atoms with Crippen molar-refractivity contribution in [1.82, 2.24) is 10.3 Å². The fraction of sp³-hybridized carbons (Fsp3) is 0.471. The Kier molecular flexibility index (Phi) is 5.12. The van der Waals surface area contributed by atoms with Crippen molar-refractivity contribution in [2.45, 2.75) is 53.1 Å². The highest BCUT2D eigenvalue weighted by Crippen LogP contribution is 2.33. The highest BCUT2D eigenvalue weighted by atomic mass is 32.1. The SMILES string of the molecule is Cc1ccc(F)c(-c2nc(C(C)C)c(CNC(C)C)s2)c1. The Morgan fingerprint density at radius 1 is 1.24 bits per heavy atom. The third-order valence-corrected chi connectivity index (χ3v) is 4.40. The standard InChI is InChI=1S/C17H23FN2S/c1-10(2)16-15(9-19-11(3)4)21-17(20-16)13-8-12(5)6-7-14(13)18/h6-8,10-11,19H,9H2,1-5H3. The summed E-state index contributed by atoms with van der Waals surface area (Å²) in [5, 5.41) is 4.20. The molecule has 0 saturated carbocycles. The topological polar surface area (TPSA) is 24.9 Å². The molecule has 0 fully saturated rings. The summed E-state index contributed by atoms with van der Waals surface area (Å²) in [4.78, 5) is 5.90. The minimum absolute atomic E-state index is 0.201. The van der Waals surface area contributed by atoms with E-state index in [1.807, 2.05) is 13.0 Å². The Hall–Kier alpha value is -1.26. The van der Waals surface area contributed by atoms with Crippen molar-refractivity contribution < 1.29 is 4.39 Å². The summed E-state index contributed by atoms with van der Waals surface area (Å²) in [7, 11) is 0. The van der Waals surface area contributed by atoms with Crippen molar-refractivity contribution in [2.75, 3.05) is 0 Å². The van der Waals surface area contributed by atoms with E-state index in [9.17, 15) is 4.39 Å². The van der Waals surface area contributed by atoms with Crippen molar-refractivity contribution >= 4 is 11.3 Å². The van der Waals surface area contributed by atoms with Crippen LogP contribution >= 0.6 is 11.3 Å². The van der Waals surface area contributed by atoms with Crippen molar-refractivity contribution in [2.24, 2.45) is 0 Å². The first-order valence-electron chi connectivity index (χ1n) is 7.38. The van der Waals surface area contributed by atoms with E-state index in [0.717, 1.165) is 22.8 Å². The second kappa shape index (κ2) is 6.67. The Balaban J connectivity index is 2.41. The van der Waals surface area contributed by atoms with Crippen LogP contribution < -0.4 is 5.32 Å². The number of nitrogens with one attached hydrogen (secondary N) is 1. The van der Waals surface area contributed by atoms with E-state index in [1.54, 1.807) is 17.4 Å². The molecule has 0 unspecified atom stereocenters. The van der Waals surface area contributed by atoms with Crippen LogP contribution in [0, 0.1) is 12.7 Å². The lowest BCUT2D eigenvalue weighted by Crippen LogP contribution is -2.22. The molecule has 0 bridgehead atoms. The zero-order valence-electron chi connectivity index (χ0n) is 13.3. The summed E-state index contributed by atoms with van der Waals surface area (Å²) in [6, 6.07) is 5.61. The molecule has 0 amide bonds. The summed E-state index contributed by atoms with van der Waals surface area (Å²) in [6.07, 6.45) is 0. The zero-order valence-corrected chi connectivity index (χ0v) is 14.1. The Labute approximate surface area is 130 Å². The molecule has 2 rings (SSSR count). The highest BCUT2D eigenvalue weighted by molar-refractivity contribution is 7.15. The molecule has 21 heavy (non-hydrogen) atoms. The van der Waals surface area contributed by atoms with Gasteiger partial charge in [0.1, 0.15) is 10.8 Å². The maximum absolute atomic E-state index is 14.1. The summed E-state index contributed by atoms with van der Waals surface area (Å²) >= 11 is 1.59.